The van der Waals surface area contributed by atoms with Crippen LogP contribution in [0.25, 0.3) is 0 Å². The highest BCUT2D eigenvalue weighted by Crippen LogP contribution is 2.38. The van der Waals surface area contributed by atoms with Crippen LogP contribution < -0.4 is 9.47 Å². The molecule has 1 aromatic rings. The lowest BCUT2D eigenvalue weighted by Gasteiger charge is -2.23. The fraction of sp³-hybridized carbons (Fsp3) is 0.538. The van der Waals surface area contributed by atoms with E-state index in [1.165, 1.54) is 26.4 Å². The first-order valence-electron chi connectivity index (χ1n) is 6.57. The van der Waals surface area contributed by atoms with Gasteiger partial charge < -0.3 is 19.7 Å². The average molecular weight is 396 g/mol. The van der Waals surface area contributed by atoms with Gasteiger partial charge >= 0.3 is 0 Å². The predicted molar refractivity (Wildman–Crippen MR) is 82.6 cm³/mol. The first-order chi connectivity index (χ1) is 10.3. The molecular formula is C13H18BrNO6S. The van der Waals surface area contributed by atoms with Gasteiger partial charge in [-0.2, -0.15) is 4.31 Å². The standard InChI is InChI=1S/C13H18BrNO6S/c1-20-11-4-10(14)13(5-12(11)21-2)22(18,19)15-6-9(17)3-8(15)7-16/h4-5,8-9,16-17H,3,6-7H2,1-2H3/t8-,9-/m1/s1. The van der Waals surface area contributed by atoms with Crippen molar-refractivity contribution in [2.75, 3.05) is 27.4 Å². The fourth-order valence-electron chi connectivity index (χ4n) is 2.48. The normalized spacial score (nSPS) is 22.8. The molecule has 1 aromatic carbocycles. The Balaban J connectivity index is 2.50. The summed E-state index contributed by atoms with van der Waals surface area (Å²) < 4.78 is 37.3. The molecule has 0 aliphatic carbocycles. The summed E-state index contributed by atoms with van der Waals surface area (Å²) in [7, 11) is -1.02. The highest BCUT2D eigenvalue weighted by atomic mass is 79.9. The second kappa shape index (κ2) is 6.71. The largest absolute Gasteiger partial charge is 0.493 e. The van der Waals surface area contributed by atoms with Crippen LogP contribution in [0.1, 0.15) is 6.42 Å². The summed E-state index contributed by atoms with van der Waals surface area (Å²) in [5, 5.41) is 19.0. The van der Waals surface area contributed by atoms with Crippen LogP contribution in [0.4, 0.5) is 0 Å². The maximum absolute atomic E-state index is 12.8. The van der Waals surface area contributed by atoms with E-state index in [9.17, 15) is 18.6 Å². The molecule has 0 amide bonds. The monoisotopic (exact) mass is 395 g/mol. The zero-order valence-corrected chi connectivity index (χ0v) is 14.6. The van der Waals surface area contributed by atoms with Gasteiger partial charge in [-0.25, -0.2) is 8.42 Å². The van der Waals surface area contributed by atoms with Crippen LogP contribution in [0.5, 0.6) is 11.5 Å². The summed E-state index contributed by atoms with van der Waals surface area (Å²) in [5.74, 6) is 0.679. The van der Waals surface area contributed by atoms with Gasteiger partial charge in [-0.05, 0) is 28.4 Å². The number of rotatable bonds is 5. The summed E-state index contributed by atoms with van der Waals surface area (Å²) in [4.78, 5) is -0.00213. The van der Waals surface area contributed by atoms with Crippen LogP contribution in [0, 0.1) is 0 Å². The zero-order chi connectivity index (χ0) is 16.5. The Hall–Kier alpha value is -0.870. The lowest BCUT2D eigenvalue weighted by molar-refractivity contribution is 0.184. The Labute approximate surface area is 137 Å². The summed E-state index contributed by atoms with van der Waals surface area (Å²) in [6.07, 6.45) is -0.577. The number of halogens is 1. The summed E-state index contributed by atoms with van der Waals surface area (Å²) >= 11 is 3.22. The molecule has 1 saturated heterocycles. The van der Waals surface area contributed by atoms with Crippen molar-refractivity contribution in [1.82, 2.24) is 4.31 Å². The molecular weight excluding hydrogens is 378 g/mol. The molecule has 0 saturated carbocycles. The Morgan fingerprint density at radius 1 is 1.32 bits per heavy atom. The van der Waals surface area contributed by atoms with Crippen molar-refractivity contribution in [3.63, 3.8) is 0 Å². The van der Waals surface area contributed by atoms with E-state index in [-0.39, 0.29) is 30.2 Å². The minimum absolute atomic E-state index is 0.00213. The molecule has 1 fully saturated rings. The molecule has 0 spiro atoms. The van der Waals surface area contributed by atoms with Gasteiger partial charge in [0.25, 0.3) is 0 Å². The van der Waals surface area contributed by atoms with Gasteiger partial charge in [-0.1, -0.05) is 0 Å². The topological polar surface area (TPSA) is 96.3 Å². The number of ether oxygens (including phenoxy) is 2. The van der Waals surface area contributed by atoms with Crippen LogP contribution in [0.15, 0.2) is 21.5 Å². The van der Waals surface area contributed by atoms with Gasteiger partial charge in [-0.3, -0.25) is 0 Å². The number of aliphatic hydroxyl groups excluding tert-OH is 2. The molecule has 2 atom stereocenters. The van der Waals surface area contributed by atoms with Gasteiger partial charge in [0, 0.05) is 17.1 Å². The first kappa shape index (κ1) is 17.5. The van der Waals surface area contributed by atoms with Gasteiger partial charge in [0.05, 0.1) is 33.0 Å². The number of hydrogen-bond acceptors (Lipinski definition) is 6. The number of aliphatic hydroxyl groups is 2. The summed E-state index contributed by atoms with van der Waals surface area (Å²) in [6.45, 7) is -0.393. The fourth-order valence-corrected chi connectivity index (χ4v) is 5.15. The zero-order valence-electron chi connectivity index (χ0n) is 12.2. The SMILES string of the molecule is COc1cc(Br)c(S(=O)(=O)N2C[C@H](O)C[C@@H]2CO)cc1OC. The Kier molecular flexibility index (Phi) is 5.33. The third-order valence-corrected chi connectivity index (χ3v) is 6.45. The maximum Gasteiger partial charge on any atom is 0.244 e. The predicted octanol–water partition coefficient (Wildman–Crippen LogP) is 0.583. The molecule has 0 aromatic heterocycles. The van der Waals surface area contributed by atoms with Crippen LogP contribution in [-0.2, 0) is 10.0 Å². The van der Waals surface area contributed by atoms with E-state index in [1.807, 2.05) is 0 Å². The molecule has 0 unspecified atom stereocenters. The van der Waals surface area contributed by atoms with Crippen LogP contribution >= 0.6 is 15.9 Å². The maximum atomic E-state index is 12.8. The second-order valence-electron chi connectivity index (χ2n) is 4.94. The third-order valence-electron chi connectivity index (χ3n) is 3.58. The molecule has 124 valence electrons. The van der Waals surface area contributed by atoms with Gasteiger partial charge in [0.15, 0.2) is 11.5 Å². The molecule has 2 N–H and O–H groups in total. The summed E-state index contributed by atoms with van der Waals surface area (Å²) in [6, 6.07) is 2.23. The number of methoxy groups -OCH3 is 2. The average Bonchev–Trinajstić information content (AvgIpc) is 2.88. The Morgan fingerprint density at radius 3 is 2.45 bits per heavy atom. The number of sulfonamides is 1. The van der Waals surface area contributed by atoms with E-state index >= 15 is 0 Å². The minimum Gasteiger partial charge on any atom is -0.493 e. The highest BCUT2D eigenvalue weighted by molar-refractivity contribution is 9.10. The highest BCUT2D eigenvalue weighted by Gasteiger charge is 2.40. The van der Waals surface area contributed by atoms with Gasteiger partial charge in [0.2, 0.25) is 10.0 Å². The molecule has 9 heteroatoms. The van der Waals surface area contributed by atoms with Crippen molar-refractivity contribution >= 4 is 26.0 Å². The number of hydrogen-bond donors (Lipinski definition) is 2. The van der Waals surface area contributed by atoms with Crippen molar-refractivity contribution in [3.8, 4) is 11.5 Å². The smallest absolute Gasteiger partial charge is 0.244 e. The van der Waals surface area contributed by atoms with Crippen molar-refractivity contribution in [2.24, 2.45) is 0 Å². The molecule has 0 radical (unpaired) electrons. The minimum atomic E-state index is -3.89. The quantitative estimate of drug-likeness (QED) is 0.756. The van der Waals surface area contributed by atoms with Crippen LogP contribution in [0.2, 0.25) is 0 Å². The molecule has 1 aliphatic heterocycles. The Bertz CT molecular complexity index is 650. The molecule has 2 rings (SSSR count). The number of β-amino-alcohol motifs (C(OH)–C–C–N with tert-alkyl or cyclic N) is 1. The van der Waals surface area contributed by atoms with Crippen molar-refractivity contribution in [1.29, 1.82) is 0 Å². The number of benzene rings is 1. The Morgan fingerprint density at radius 2 is 1.91 bits per heavy atom. The molecule has 7 nitrogen and oxygen atoms in total. The molecule has 1 heterocycles. The van der Waals surface area contributed by atoms with E-state index in [0.717, 1.165) is 4.31 Å². The van der Waals surface area contributed by atoms with E-state index in [0.29, 0.717) is 10.2 Å². The summed E-state index contributed by atoms with van der Waals surface area (Å²) in [5.41, 5.74) is 0. The van der Waals surface area contributed by atoms with Crippen LogP contribution in [-0.4, -0.2) is 62.5 Å². The first-order valence-corrected chi connectivity index (χ1v) is 8.80. The van der Waals surface area contributed by atoms with Crippen molar-refractivity contribution < 1.29 is 28.1 Å². The lowest BCUT2D eigenvalue weighted by Crippen LogP contribution is -2.38. The van der Waals surface area contributed by atoms with Gasteiger partial charge in [0.1, 0.15) is 4.90 Å². The van der Waals surface area contributed by atoms with E-state index in [2.05, 4.69) is 15.9 Å². The number of nitrogens with zero attached hydrogens (tertiary/aromatic N) is 1. The third kappa shape index (κ3) is 3.09. The molecule has 1 aliphatic rings. The van der Waals surface area contributed by atoms with E-state index < -0.39 is 22.2 Å². The van der Waals surface area contributed by atoms with E-state index in [1.54, 1.807) is 0 Å². The lowest BCUT2D eigenvalue weighted by atomic mass is 10.2. The van der Waals surface area contributed by atoms with Gasteiger partial charge in [-0.15, -0.1) is 0 Å². The molecule has 22 heavy (non-hydrogen) atoms. The van der Waals surface area contributed by atoms with Crippen molar-refractivity contribution in [2.45, 2.75) is 23.5 Å². The van der Waals surface area contributed by atoms with Crippen molar-refractivity contribution in [3.05, 3.63) is 16.6 Å². The van der Waals surface area contributed by atoms with E-state index in [4.69, 9.17) is 9.47 Å². The molecule has 0 bridgehead atoms. The second-order valence-corrected chi connectivity index (χ2v) is 7.65. The van der Waals surface area contributed by atoms with Crippen LogP contribution in [0.3, 0.4) is 0 Å².